The first-order valence-corrected chi connectivity index (χ1v) is 6.30. The zero-order valence-electron chi connectivity index (χ0n) is 2.95. The van der Waals surface area contributed by atoms with E-state index in [1.807, 2.05) is 0 Å². The van der Waals surface area contributed by atoms with Crippen LogP contribution in [0, 0.1) is 0 Å². The van der Waals surface area contributed by atoms with E-state index in [-0.39, 0.29) is 0 Å². The lowest BCUT2D eigenvalue weighted by Crippen LogP contribution is -2.00. The molecule has 0 aromatic rings. The molecule has 1 heterocycles. The molecule has 1 aliphatic heterocycles. The van der Waals surface area contributed by atoms with Crippen LogP contribution in [0.5, 0.6) is 0 Å². The first-order chi connectivity index (χ1) is 2.39. The standard InChI is InChI=1S/C3H7IS/c4-5-2-1-3-5/h5H,1-3H2. The van der Waals surface area contributed by atoms with E-state index in [4.69, 9.17) is 0 Å². The van der Waals surface area contributed by atoms with Crippen molar-refractivity contribution in [3.8, 4) is 0 Å². The zero-order valence-corrected chi connectivity index (χ0v) is 6.00. The van der Waals surface area contributed by atoms with E-state index in [1.165, 1.54) is 17.9 Å². The maximum absolute atomic E-state index is 2.56. The molecule has 0 N–H and O–H groups in total. The van der Waals surface area contributed by atoms with Gasteiger partial charge in [0.05, 0.1) is 0 Å². The van der Waals surface area contributed by atoms with Crippen LogP contribution in [0.4, 0.5) is 0 Å². The number of hydrogen-bond donors (Lipinski definition) is 1. The summed E-state index contributed by atoms with van der Waals surface area (Å²) in [6.45, 7) is 0. The number of hydrogen-bond acceptors (Lipinski definition) is 0. The summed E-state index contributed by atoms with van der Waals surface area (Å²) in [5.41, 5.74) is 0. The van der Waals surface area contributed by atoms with E-state index < -0.39 is 0 Å². The van der Waals surface area contributed by atoms with Gasteiger partial charge in [0.25, 0.3) is 0 Å². The quantitative estimate of drug-likeness (QED) is 0.449. The minimum atomic E-state index is 0.552. The molecule has 1 aliphatic rings. The normalized spacial score (nSPS) is 29.4. The lowest BCUT2D eigenvalue weighted by Gasteiger charge is -2.22. The molecule has 32 valence electrons. The SMILES string of the molecule is I[SH]1CCC1. The average Bonchev–Trinajstić information content (AvgIpc) is 1.30. The van der Waals surface area contributed by atoms with Crippen molar-refractivity contribution in [2.75, 3.05) is 11.5 Å². The molecule has 0 nitrogen and oxygen atoms in total. The molecular weight excluding hydrogens is 195 g/mol. The van der Waals surface area contributed by atoms with Crippen molar-refractivity contribution < 1.29 is 0 Å². The molecule has 0 spiro atoms. The summed E-state index contributed by atoms with van der Waals surface area (Å²) >= 11 is 2.56. The van der Waals surface area contributed by atoms with Crippen molar-refractivity contribution in [2.24, 2.45) is 0 Å². The largest absolute Gasteiger partial charge is 0.199 e. The van der Waals surface area contributed by atoms with Gasteiger partial charge in [-0.25, -0.2) is 0 Å². The van der Waals surface area contributed by atoms with Gasteiger partial charge in [-0.15, -0.1) is 0 Å². The summed E-state index contributed by atoms with van der Waals surface area (Å²) in [6, 6.07) is 0. The van der Waals surface area contributed by atoms with Crippen LogP contribution in [0.2, 0.25) is 0 Å². The predicted molar refractivity (Wildman–Crippen MR) is 37.4 cm³/mol. The third-order valence-electron chi connectivity index (χ3n) is 0.801. The summed E-state index contributed by atoms with van der Waals surface area (Å²) in [5, 5.41) is 0. The van der Waals surface area contributed by atoms with Crippen molar-refractivity contribution in [2.45, 2.75) is 6.42 Å². The van der Waals surface area contributed by atoms with Gasteiger partial charge < -0.3 is 0 Å². The Kier molecular flexibility index (Phi) is 1.43. The van der Waals surface area contributed by atoms with Crippen molar-refractivity contribution >= 4 is 29.3 Å². The van der Waals surface area contributed by atoms with Crippen LogP contribution < -0.4 is 0 Å². The molecule has 0 saturated carbocycles. The zero-order chi connectivity index (χ0) is 3.70. The van der Waals surface area contributed by atoms with Crippen molar-refractivity contribution in [1.82, 2.24) is 0 Å². The molecule has 1 saturated heterocycles. The summed E-state index contributed by atoms with van der Waals surface area (Å²) < 4.78 is 0. The van der Waals surface area contributed by atoms with Gasteiger partial charge in [-0.2, -0.15) is 8.07 Å². The average molecular weight is 202 g/mol. The summed E-state index contributed by atoms with van der Waals surface area (Å²) in [7, 11) is 0.552. The lowest BCUT2D eigenvalue weighted by molar-refractivity contribution is 1.06. The highest BCUT2D eigenvalue weighted by molar-refractivity contribution is 14.2. The Hall–Kier alpha value is 1.08. The maximum Gasteiger partial charge on any atom is -0.0162 e. The topological polar surface area (TPSA) is 0 Å². The molecule has 0 atom stereocenters. The molecule has 0 unspecified atom stereocenters. The Morgan fingerprint density at radius 3 is 1.80 bits per heavy atom. The smallest absolute Gasteiger partial charge is 0.0162 e. The third-order valence-corrected chi connectivity index (χ3v) is 5.30. The summed E-state index contributed by atoms with van der Waals surface area (Å²) in [5.74, 6) is 3.08. The van der Waals surface area contributed by atoms with Crippen molar-refractivity contribution in [1.29, 1.82) is 0 Å². The molecule has 0 aromatic carbocycles. The van der Waals surface area contributed by atoms with E-state index in [9.17, 15) is 0 Å². The number of thiol groups is 1. The third kappa shape index (κ3) is 0.961. The molecule has 0 amide bonds. The van der Waals surface area contributed by atoms with Gasteiger partial charge in [0.2, 0.25) is 0 Å². The second-order valence-corrected chi connectivity index (χ2v) is 7.18. The first-order valence-electron chi connectivity index (χ1n) is 1.80. The molecule has 1 rings (SSSR count). The van der Waals surface area contributed by atoms with Crippen LogP contribution in [0.1, 0.15) is 6.42 Å². The molecule has 5 heavy (non-hydrogen) atoms. The second kappa shape index (κ2) is 1.69. The Morgan fingerprint density at radius 2 is 1.80 bits per heavy atom. The summed E-state index contributed by atoms with van der Waals surface area (Å²) in [4.78, 5) is 0. The number of halogens is 1. The Bertz CT molecular complexity index is 33.9. The van der Waals surface area contributed by atoms with Crippen LogP contribution >= 0.6 is 29.3 Å². The minimum absolute atomic E-state index is 0.552. The van der Waals surface area contributed by atoms with Crippen LogP contribution in [0.25, 0.3) is 0 Å². The van der Waals surface area contributed by atoms with E-state index in [0.29, 0.717) is 8.07 Å². The molecule has 0 radical (unpaired) electrons. The van der Waals surface area contributed by atoms with Gasteiger partial charge in [-0.1, -0.05) is 0 Å². The van der Waals surface area contributed by atoms with Crippen molar-refractivity contribution in [3.05, 3.63) is 0 Å². The van der Waals surface area contributed by atoms with Gasteiger partial charge in [0, 0.05) is 0 Å². The van der Waals surface area contributed by atoms with Crippen LogP contribution in [-0.4, -0.2) is 11.5 Å². The fourth-order valence-electron chi connectivity index (χ4n) is 0.278. The van der Waals surface area contributed by atoms with E-state index >= 15 is 0 Å². The van der Waals surface area contributed by atoms with E-state index in [1.54, 1.807) is 0 Å². The molecule has 1 fully saturated rings. The predicted octanol–water partition coefficient (Wildman–Crippen LogP) is 1.74. The molecule has 0 bridgehead atoms. The van der Waals surface area contributed by atoms with Gasteiger partial charge in [-0.05, 0) is 39.1 Å². The fraction of sp³-hybridized carbons (Fsp3) is 1.00. The molecular formula is C3H7IS. The van der Waals surface area contributed by atoms with Crippen molar-refractivity contribution in [3.63, 3.8) is 0 Å². The molecule has 0 aromatic heterocycles. The highest BCUT2D eigenvalue weighted by Crippen LogP contribution is 2.43. The Labute approximate surface area is 47.3 Å². The first kappa shape index (κ1) is 4.24. The van der Waals surface area contributed by atoms with Gasteiger partial charge in [0.15, 0.2) is 0 Å². The highest BCUT2D eigenvalue weighted by Gasteiger charge is 2.06. The van der Waals surface area contributed by atoms with Crippen LogP contribution in [-0.2, 0) is 0 Å². The van der Waals surface area contributed by atoms with E-state index in [0.717, 1.165) is 0 Å². The summed E-state index contributed by atoms with van der Waals surface area (Å²) in [6.07, 6.45) is 1.51. The van der Waals surface area contributed by atoms with Gasteiger partial charge in [-0.3, -0.25) is 0 Å². The molecule has 0 aliphatic carbocycles. The number of rotatable bonds is 0. The Morgan fingerprint density at radius 1 is 1.40 bits per heavy atom. The van der Waals surface area contributed by atoms with Gasteiger partial charge >= 0.3 is 0 Å². The minimum Gasteiger partial charge on any atom is -0.199 e. The second-order valence-electron chi connectivity index (χ2n) is 1.26. The monoisotopic (exact) mass is 202 g/mol. The lowest BCUT2D eigenvalue weighted by atomic mass is 10.6. The van der Waals surface area contributed by atoms with Crippen LogP contribution in [0.15, 0.2) is 0 Å². The molecule has 2 heteroatoms. The Balaban J connectivity index is 2.08. The van der Waals surface area contributed by atoms with Crippen LogP contribution in [0.3, 0.4) is 0 Å². The maximum atomic E-state index is 2.56. The fourth-order valence-corrected chi connectivity index (χ4v) is 2.88. The van der Waals surface area contributed by atoms with Gasteiger partial charge in [0.1, 0.15) is 0 Å². The van der Waals surface area contributed by atoms with E-state index in [2.05, 4.69) is 21.2 Å². The highest BCUT2D eigenvalue weighted by atomic mass is 127.